The molecule has 23 heavy (non-hydrogen) atoms. The number of ether oxygens (including phenoxy) is 1. The Morgan fingerprint density at radius 2 is 1.91 bits per heavy atom. The van der Waals surface area contributed by atoms with E-state index < -0.39 is 0 Å². The number of nitrogens with one attached hydrogen (secondary N) is 2. The predicted octanol–water partition coefficient (Wildman–Crippen LogP) is 3.47. The number of piperidine rings is 1. The van der Waals surface area contributed by atoms with Crippen molar-refractivity contribution in [2.45, 2.75) is 57.7 Å². The van der Waals surface area contributed by atoms with Crippen LogP contribution < -0.4 is 10.6 Å². The zero-order valence-electron chi connectivity index (χ0n) is 13.9. The second-order valence-corrected chi connectivity index (χ2v) is 6.78. The van der Waals surface area contributed by atoms with Crippen LogP contribution in [-0.2, 0) is 16.1 Å². The lowest BCUT2D eigenvalue weighted by Crippen LogP contribution is -2.34. The summed E-state index contributed by atoms with van der Waals surface area (Å²) in [6.07, 6.45) is 8.56. The average molecular weight is 316 g/mol. The Morgan fingerprint density at radius 1 is 1.13 bits per heavy atom. The minimum atomic E-state index is 0.137. The zero-order valence-corrected chi connectivity index (χ0v) is 13.9. The topological polar surface area (TPSA) is 50.4 Å². The van der Waals surface area contributed by atoms with Crippen LogP contribution in [0, 0.1) is 5.92 Å². The number of anilines is 1. The van der Waals surface area contributed by atoms with E-state index in [2.05, 4.69) is 16.7 Å². The lowest BCUT2D eigenvalue weighted by Gasteiger charge is -2.23. The van der Waals surface area contributed by atoms with Crippen LogP contribution >= 0.6 is 0 Å². The molecule has 0 spiro atoms. The summed E-state index contributed by atoms with van der Waals surface area (Å²) in [5, 5.41) is 6.36. The van der Waals surface area contributed by atoms with Crippen LogP contribution in [-0.4, -0.2) is 25.1 Å². The first kappa shape index (κ1) is 16.5. The van der Waals surface area contributed by atoms with Crippen molar-refractivity contribution in [1.29, 1.82) is 0 Å². The summed E-state index contributed by atoms with van der Waals surface area (Å²) in [5.74, 6) is 0.287. The molecule has 0 radical (unpaired) electrons. The highest BCUT2D eigenvalue weighted by molar-refractivity contribution is 5.92. The van der Waals surface area contributed by atoms with Crippen molar-refractivity contribution in [3.8, 4) is 0 Å². The second kappa shape index (κ2) is 8.46. The van der Waals surface area contributed by atoms with Gasteiger partial charge in [0.25, 0.3) is 0 Å². The molecule has 2 N–H and O–H groups in total. The first-order valence-corrected chi connectivity index (χ1v) is 9.03. The van der Waals surface area contributed by atoms with Gasteiger partial charge in [-0.3, -0.25) is 4.79 Å². The van der Waals surface area contributed by atoms with Gasteiger partial charge >= 0.3 is 0 Å². The van der Waals surface area contributed by atoms with Gasteiger partial charge in [0, 0.05) is 11.6 Å². The van der Waals surface area contributed by atoms with Crippen molar-refractivity contribution in [2.24, 2.45) is 5.92 Å². The summed E-state index contributed by atoms with van der Waals surface area (Å²) in [4.78, 5) is 12.3. The van der Waals surface area contributed by atoms with E-state index in [4.69, 9.17) is 4.74 Å². The summed E-state index contributed by atoms with van der Waals surface area (Å²) in [6, 6.07) is 8.07. The lowest BCUT2D eigenvalue weighted by atomic mass is 9.97. The van der Waals surface area contributed by atoms with E-state index in [-0.39, 0.29) is 11.8 Å². The van der Waals surface area contributed by atoms with Gasteiger partial charge < -0.3 is 15.4 Å². The van der Waals surface area contributed by atoms with Gasteiger partial charge in [0.05, 0.1) is 12.7 Å². The summed E-state index contributed by atoms with van der Waals surface area (Å²) < 4.78 is 6.02. The molecule has 1 amide bonds. The summed E-state index contributed by atoms with van der Waals surface area (Å²) >= 11 is 0. The van der Waals surface area contributed by atoms with Crippen LogP contribution in [0.25, 0.3) is 0 Å². The molecule has 3 rings (SSSR count). The third-order valence-electron chi connectivity index (χ3n) is 4.94. The minimum absolute atomic E-state index is 0.137. The average Bonchev–Trinajstić information content (AvgIpc) is 2.62. The fourth-order valence-electron chi connectivity index (χ4n) is 3.51. The Hall–Kier alpha value is -1.39. The molecule has 2 aliphatic rings. The third-order valence-corrected chi connectivity index (χ3v) is 4.94. The normalized spacial score (nSPS) is 20.3. The largest absolute Gasteiger partial charge is 0.374 e. The highest BCUT2D eigenvalue weighted by Gasteiger charge is 2.21. The Balaban J connectivity index is 1.51. The summed E-state index contributed by atoms with van der Waals surface area (Å²) in [7, 11) is 0. The molecule has 1 aromatic rings. The van der Waals surface area contributed by atoms with Gasteiger partial charge in [0.1, 0.15) is 0 Å². The molecule has 0 atom stereocenters. The predicted molar refractivity (Wildman–Crippen MR) is 92.3 cm³/mol. The molecule has 126 valence electrons. The molecular weight excluding hydrogens is 288 g/mol. The van der Waals surface area contributed by atoms with Crippen LogP contribution in [0.2, 0.25) is 0 Å². The molecule has 1 saturated carbocycles. The molecule has 0 aromatic heterocycles. The molecular formula is C19H28N2O2. The van der Waals surface area contributed by atoms with Gasteiger partial charge in [-0.05, 0) is 56.5 Å². The van der Waals surface area contributed by atoms with Crippen molar-refractivity contribution in [3.63, 3.8) is 0 Å². The van der Waals surface area contributed by atoms with Crippen LogP contribution in [0.4, 0.5) is 5.69 Å². The molecule has 0 bridgehead atoms. The molecule has 1 heterocycles. The number of carbonyl (C=O) groups excluding carboxylic acids is 1. The fourth-order valence-corrected chi connectivity index (χ4v) is 3.51. The molecule has 1 aliphatic heterocycles. The van der Waals surface area contributed by atoms with E-state index in [9.17, 15) is 4.79 Å². The molecule has 1 aromatic carbocycles. The second-order valence-electron chi connectivity index (χ2n) is 6.78. The lowest BCUT2D eigenvalue weighted by molar-refractivity contribution is -0.120. The zero-order chi connectivity index (χ0) is 15.9. The molecule has 0 unspecified atom stereocenters. The fraction of sp³-hybridized carbons (Fsp3) is 0.632. The van der Waals surface area contributed by atoms with Gasteiger partial charge in [-0.1, -0.05) is 31.4 Å². The smallest absolute Gasteiger partial charge is 0.227 e. The van der Waals surface area contributed by atoms with Crippen molar-refractivity contribution < 1.29 is 9.53 Å². The van der Waals surface area contributed by atoms with E-state index in [1.165, 1.54) is 32.1 Å². The van der Waals surface area contributed by atoms with Crippen LogP contribution in [0.1, 0.15) is 50.5 Å². The van der Waals surface area contributed by atoms with E-state index in [1.54, 1.807) is 0 Å². The van der Waals surface area contributed by atoms with Gasteiger partial charge in [0.2, 0.25) is 5.91 Å². The van der Waals surface area contributed by atoms with Crippen LogP contribution in [0.3, 0.4) is 0 Å². The number of hydrogen-bond donors (Lipinski definition) is 2. The van der Waals surface area contributed by atoms with Crippen molar-refractivity contribution >= 4 is 11.6 Å². The maximum absolute atomic E-state index is 12.3. The number of hydrogen-bond acceptors (Lipinski definition) is 3. The molecule has 4 heteroatoms. The van der Waals surface area contributed by atoms with Crippen LogP contribution in [0.15, 0.2) is 24.3 Å². The number of carbonyl (C=O) groups is 1. The number of amides is 1. The maximum Gasteiger partial charge on any atom is 0.227 e. The van der Waals surface area contributed by atoms with Crippen molar-refractivity contribution in [2.75, 3.05) is 18.4 Å². The SMILES string of the molecule is O=C(Nc1cccc(COC2CCCCC2)c1)C1CCNCC1. The summed E-state index contributed by atoms with van der Waals surface area (Å²) in [5.41, 5.74) is 2.02. The van der Waals surface area contributed by atoms with Gasteiger partial charge in [-0.2, -0.15) is 0 Å². The first-order valence-electron chi connectivity index (χ1n) is 9.03. The van der Waals surface area contributed by atoms with E-state index in [1.807, 2.05) is 18.2 Å². The Bertz CT molecular complexity index is 506. The molecule has 2 fully saturated rings. The summed E-state index contributed by atoms with van der Waals surface area (Å²) in [6.45, 7) is 2.52. The first-order chi connectivity index (χ1) is 11.3. The standard InChI is InChI=1S/C19H28N2O2/c22-19(16-9-11-20-12-10-16)21-17-6-4-5-15(13-17)14-23-18-7-2-1-3-8-18/h4-6,13,16,18,20H,1-3,7-12,14H2,(H,21,22). The van der Waals surface area contributed by atoms with E-state index in [0.717, 1.165) is 37.2 Å². The maximum atomic E-state index is 12.3. The Morgan fingerprint density at radius 3 is 2.70 bits per heavy atom. The monoisotopic (exact) mass is 316 g/mol. The third kappa shape index (κ3) is 5.05. The highest BCUT2D eigenvalue weighted by Crippen LogP contribution is 2.22. The van der Waals surface area contributed by atoms with E-state index >= 15 is 0 Å². The van der Waals surface area contributed by atoms with Crippen molar-refractivity contribution in [3.05, 3.63) is 29.8 Å². The van der Waals surface area contributed by atoms with Gasteiger partial charge in [0.15, 0.2) is 0 Å². The molecule has 4 nitrogen and oxygen atoms in total. The Kier molecular flexibility index (Phi) is 6.06. The van der Waals surface area contributed by atoms with Gasteiger partial charge in [-0.15, -0.1) is 0 Å². The Labute approximate surface area is 139 Å². The van der Waals surface area contributed by atoms with Crippen molar-refractivity contribution in [1.82, 2.24) is 5.32 Å². The number of benzene rings is 1. The quantitative estimate of drug-likeness (QED) is 0.874. The van der Waals surface area contributed by atoms with E-state index in [0.29, 0.717) is 12.7 Å². The number of rotatable bonds is 5. The molecule has 1 saturated heterocycles. The van der Waals surface area contributed by atoms with Gasteiger partial charge in [-0.25, -0.2) is 0 Å². The molecule has 1 aliphatic carbocycles. The van der Waals surface area contributed by atoms with Crippen LogP contribution in [0.5, 0.6) is 0 Å². The highest BCUT2D eigenvalue weighted by atomic mass is 16.5. The minimum Gasteiger partial charge on any atom is -0.374 e.